The van der Waals surface area contributed by atoms with Gasteiger partial charge >= 0.3 is 0 Å². The van der Waals surface area contributed by atoms with Crippen molar-refractivity contribution in [3.05, 3.63) is 11.5 Å². The predicted molar refractivity (Wildman–Crippen MR) is 120 cm³/mol. The molecule has 3 aliphatic rings. The van der Waals surface area contributed by atoms with E-state index >= 15 is 0 Å². The van der Waals surface area contributed by atoms with Crippen LogP contribution in [0.3, 0.4) is 0 Å². The highest BCUT2D eigenvalue weighted by molar-refractivity contribution is 6.21. The lowest BCUT2D eigenvalue weighted by Crippen LogP contribution is -2.38. The maximum atomic E-state index is 9.67. The second-order valence-electron chi connectivity index (χ2n) is 10.3. The summed E-state index contributed by atoms with van der Waals surface area (Å²) in [5.74, 6) is 3.03. The summed E-state index contributed by atoms with van der Waals surface area (Å²) in [6.45, 7) is 5.04. The molecule has 0 aromatic rings. The van der Waals surface area contributed by atoms with Crippen LogP contribution in [-0.2, 0) is 4.74 Å². The Labute approximate surface area is 180 Å². The molecule has 160 valence electrons. The molecule has 4 radical (unpaired) electrons. The van der Waals surface area contributed by atoms with Crippen molar-refractivity contribution < 1.29 is 14.9 Å². The van der Waals surface area contributed by atoms with E-state index in [1.165, 1.54) is 6.42 Å². The standard InChI is InChI=1S/C24H40B2O3/c1-3-23(2,16-28)29-13-5-11-24(10-4-12-27)21-14-17(25)6-8-19(21)20-9-7-18(26)15-22(20)24/h6,18-22,27-28H,3-5,7-16H2,1-2H3/t18?,19?,20?,21-,22?,23?,24?/m1/s1. The van der Waals surface area contributed by atoms with E-state index in [1.807, 2.05) is 6.92 Å². The molecular formula is C24H40B2O3. The molecule has 0 spiro atoms. The van der Waals surface area contributed by atoms with Crippen LogP contribution in [0.1, 0.15) is 78.1 Å². The minimum absolute atomic E-state index is 0.0603. The van der Waals surface area contributed by atoms with Gasteiger partial charge in [-0.25, -0.2) is 0 Å². The average molecular weight is 398 g/mol. The van der Waals surface area contributed by atoms with Crippen LogP contribution in [0.25, 0.3) is 0 Å². The van der Waals surface area contributed by atoms with Crippen molar-refractivity contribution in [1.29, 1.82) is 0 Å². The number of fused-ring (bicyclic) bond motifs is 3. The van der Waals surface area contributed by atoms with Gasteiger partial charge in [0.15, 0.2) is 0 Å². The van der Waals surface area contributed by atoms with Gasteiger partial charge in [0, 0.05) is 13.2 Å². The molecule has 5 heteroatoms. The minimum Gasteiger partial charge on any atom is -0.396 e. The van der Waals surface area contributed by atoms with Gasteiger partial charge in [0.2, 0.25) is 0 Å². The summed E-state index contributed by atoms with van der Waals surface area (Å²) in [7, 11) is 12.8. The van der Waals surface area contributed by atoms with Gasteiger partial charge in [-0.15, -0.1) is 5.47 Å². The van der Waals surface area contributed by atoms with Gasteiger partial charge < -0.3 is 14.9 Å². The molecule has 0 aromatic heterocycles. The fourth-order valence-electron chi connectivity index (χ4n) is 6.97. The quantitative estimate of drug-likeness (QED) is 0.429. The van der Waals surface area contributed by atoms with Crippen molar-refractivity contribution in [3.63, 3.8) is 0 Å². The molecule has 6 unspecified atom stereocenters. The molecule has 0 bridgehead atoms. The smallest absolute Gasteiger partial charge is 0.107 e. The third kappa shape index (κ3) is 4.83. The zero-order valence-electron chi connectivity index (χ0n) is 18.6. The topological polar surface area (TPSA) is 49.7 Å². The molecule has 29 heavy (non-hydrogen) atoms. The molecule has 3 aliphatic carbocycles. The molecule has 0 aromatic carbocycles. The lowest BCUT2D eigenvalue weighted by Gasteiger charge is -2.45. The number of rotatable bonds is 10. The lowest BCUT2D eigenvalue weighted by molar-refractivity contribution is -0.0747. The highest BCUT2D eigenvalue weighted by Gasteiger charge is 2.59. The van der Waals surface area contributed by atoms with Crippen molar-refractivity contribution in [2.45, 2.75) is 89.5 Å². The van der Waals surface area contributed by atoms with Gasteiger partial charge in [-0.05, 0) is 81.0 Å². The van der Waals surface area contributed by atoms with Crippen molar-refractivity contribution in [1.82, 2.24) is 0 Å². The fourth-order valence-corrected chi connectivity index (χ4v) is 6.97. The maximum Gasteiger partial charge on any atom is 0.107 e. The second-order valence-corrected chi connectivity index (χ2v) is 10.3. The third-order valence-electron chi connectivity index (χ3n) is 8.72. The van der Waals surface area contributed by atoms with E-state index in [0.29, 0.717) is 24.3 Å². The Balaban J connectivity index is 1.79. The number of allylic oxidation sites excluding steroid dienone is 2. The summed E-state index contributed by atoms with van der Waals surface area (Å²) in [6.07, 6.45) is 12.7. The van der Waals surface area contributed by atoms with E-state index < -0.39 is 5.60 Å². The number of aliphatic hydroxyl groups is 2. The normalized spacial score (nSPS) is 38.8. The Morgan fingerprint density at radius 2 is 1.93 bits per heavy atom. The van der Waals surface area contributed by atoms with E-state index in [1.54, 1.807) is 0 Å². The molecular weight excluding hydrogens is 358 g/mol. The summed E-state index contributed by atoms with van der Waals surface area (Å²) in [5, 5.41) is 19.3. The van der Waals surface area contributed by atoms with Crippen molar-refractivity contribution in [3.8, 4) is 0 Å². The Kier molecular flexibility index (Phi) is 8.01. The van der Waals surface area contributed by atoms with E-state index in [9.17, 15) is 10.2 Å². The van der Waals surface area contributed by atoms with Crippen LogP contribution in [0.5, 0.6) is 0 Å². The molecule has 3 nitrogen and oxygen atoms in total. The number of hydrogen-bond acceptors (Lipinski definition) is 3. The Hall–Kier alpha value is -0.250. The first-order valence-corrected chi connectivity index (χ1v) is 11.9. The highest BCUT2D eigenvalue weighted by Crippen LogP contribution is 2.67. The summed E-state index contributed by atoms with van der Waals surface area (Å²) in [5.41, 5.74) is 0.822. The van der Waals surface area contributed by atoms with E-state index in [2.05, 4.69) is 13.0 Å². The largest absolute Gasteiger partial charge is 0.396 e. The van der Waals surface area contributed by atoms with Crippen molar-refractivity contribution in [2.75, 3.05) is 19.8 Å². The number of aliphatic hydroxyl groups excluding tert-OH is 2. The Bertz CT molecular complexity index is 562. The summed E-state index contributed by atoms with van der Waals surface area (Å²) in [6, 6.07) is 0. The molecule has 0 heterocycles. The van der Waals surface area contributed by atoms with Gasteiger partial charge in [-0.3, -0.25) is 0 Å². The molecule has 0 saturated heterocycles. The molecule has 0 aliphatic heterocycles. The first kappa shape index (κ1) is 23.4. The molecule has 0 amide bonds. The van der Waals surface area contributed by atoms with Crippen molar-refractivity contribution in [2.24, 2.45) is 29.1 Å². The Morgan fingerprint density at radius 3 is 2.62 bits per heavy atom. The third-order valence-corrected chi connectivity index (χ3v) is 8.72. The van der Waals surface area contributed by atoms with Crippen LogP contribution in [0.4, 0.5) is 0 Å². The minimum atomic E-state index is -0.440. The molecule has 3 rings (SSSR count). The molecule has 2 N–H and O–H groups in total. The van der Waals surface area contributed by atoms with Crippen LogP contribution < -0.4 is 0 Å². The molecule has 2 saturated carbocycles. The van der Waals surface area contributed by atoms with Gasteiger partial charge in [-0.1, -0.05) is 38.1 Å². The van der Waals surface area contributed by atoms with E-state index in [-0.39, 0.29) is 18.6 Å². The monoisotopic (exact) mass is 398 g/mol. The lowest BCUT2D eigenvalue weighted by atomic mass is 9.57. The second kappa shape index (κ2) is 9.92. The summed E-state index contributed by atoms with van der Waals surface area (Å²) >= 11 is 0. The zero-order chi connectivity index (χ0) is 21.1. The number of hydrogen-bond donors (Lipinski definition) is 2. The first-order chi connectivity index (χ1) is 13.9. The number of ether oxygens (including phenoxy) is 1. The molecule has 2 fully saturated rings. The maximum absolute atomic E-state index is 9.67. The van der Waals surface area contributed by atoms with Crippen LogP contribution in [0.15, 0.2) is 11.5 Å². The first-order valence-electron chi connectivity index (χ1n) is 11.9. The highest BCUT2D eigenvalue weighted by atomic mass is 16.5. The zero-order valence-corrected chi connectivity index (χ0v) is 18.6. The SMILES string of the molecule is [B]C1=CCC2C3CCC([B])CC3C(CCCO)(CCCOC(C)(CC)CO)[C@@H]2C1. The predicted octanol–water partition coefficient (Wildman–Crippen LogP) is 4.17. The van der Waals surface area contributed by atoms with E-state index in [4.69, 9.17) is 20.4 Å². The Morgan fingerprint density at radius 1 is 1.17 bits per heavy atom. The molecule has 7 atom stereocenters. The van der Waals surface area contributed by atoms with Gasteiger partial charge in [0.1, 0.15) is 7.85 Å². The summed E-state index contributed by atoms with van der Waals surface area (Å²) in [4.78, 5) is 0. The van der Waals surface area contributed by atoms with Crippen LogP contribution >= 0.6 is 0 Å². The van der Waals surface area contributed by atoms with Crippen LogP contribution in [0.2, 0.25) is 5.82 Å². The van der Waals surface area contributed by atoms with Gasteiger partial charge in [0.25, 0.3) is 0 Å². The van der Waals surface area contributed by atoms with Crippen molar-refractivity contribution >= 4 is 15.7 Å². The van der Waals surface area contributed by atoms with Gasteiger partial charge in [0.05, 0.1) is 20.1 Å². The van der Waals surface area contributed by atoms with Crippen LogP contribution in [0, 0.1) is 29.1 Å². The van der Waals surface area contributed by atoms with Crippen LogP contribution in [-0.4, -0.2) is 51.3 Å². The van der Waals surface area contributed by atoms with Gasteiger partial charge in [-0.2, -0.15) is 0 Å². The summed E-state index contributed by atoms with van der Waals surface area (Å²) < 4.78 is 6.09. The average Bonchev–Trinajstić information content (AvgIpc) is 2.98. The fraction of sp³-hybridized carbons (Fsp3) is 0.917. The van der Waals surface area contributed by atoms with E-state index in [0.717, 1.165) is 75.1 Å².